The largest absolute Gasteiger partial charge is 0.497 e. The number of hydrogen-bond acceptors (Lipinski definition) is 14. The first kappa shape index (κ1) is 31.5. The Balaban J connectivity index is 2.71. The van der Waals surface area contributed by atoms with Crippen molar-refractivity contribution in [2.75, 3.05) is 42.2 Å². The fraction of sp³-hybridized carbons (Fsp3) is 0.296. The van der Waals surface area contributed by atoms with Gasteiger partial charge in [-0.05, 0) is 31.3 Å². The van der Waals surface area contributed by atoms with Gasteiger partial charge in [0.15, 0.2) is 5.69 Å². The number of esters is 5. The molecule has 0 aliphatic carbocycles. The molecule has 14 nitrogen and oxygen atoms in total. The molecule has 0 fully saturated rings. The lowest BCUT2D eigenvalue weighted by Gasteiger charge is -2.30. The van der Waals surface area contributed by atoms with Gasteiger partial charge in [-0.1, -0.05) is 12.1 Å². The average Bonchev–Trinajstić information content (AvgIpc) is 3.51. The molecule has 1 aliphatic rings. The molecule has 0 saturated carbocycles. The van der Waals surface area contributed by atoms with E-state index in [1.807, 2.05) is 0 Å². The van der Waals surface area contributed by atoms with Crippen molar-refractivity contribution in [1.29, 1.82) is 0 Å². The monoisotopic (exact) mass is 603 g/mol. The van der Waals surface area contributed by atoms with Crippen LogP contribution in [0.4, 0.5) is 0 Å². The van der Waals surface area contributed by atoms with E-state index in [9.17, 15) is 28.8 Å². The predicted molar refractivity (Wildman–Crippen MR) is 143 cm³/mol. The molecule has 2 aromatic rings. The molecule has 2 heterocycles. The molecule has 1 atom stereocenters. The second kappa shape index (κ2) is 12.6. The van der Waals surface area contributed by atoms with Crippen molar-refractivity contribution in [1.82, 2.24) is 4.57 Å². The number of carbonyl (C=O) groups is 6. The van der Waals surface area contributed by atoms with Gasteiger partial charge < -0.3 is 33.2 Å². The summed E-state index contributed by atoms with van der Waals surface area (Å²) in [7, 11) is 5.40. The zero-order valence-corrected chi connectivity index (χ0v) is 24.1. The van der Waals surface area contributed by atoms with Gasteiger partial charge in [-0.3, -0.25) is 9.36 Å². The number of benzene rings is 1. The maximum absolute atomic E-state index is 13.7. The van der Waals surface area contributed by atoms with Crippen LogP contribution in [0.25, 0.3) is 0 Å². The molecule has 0 bridgehead atoms. The third-order valence-electron chi connectivity index (χ3n) is 6.13. The zero-order valence-electron chi connectivity index (χ0n) is 23.3. The highest BCUT2D eigenvalue weighted by Crippen LogP contribution is 2.50. The molecule has 0 spiro atoms. The molecule has 1 aliphatic heterocycles. The first-order valence-corrected chi connectivity index (χ1v) is 12.3. The van der Waals surface area contributed by atoms with Crippen LogP contribution in [0, 0.1) is 0 Å². The van der Waals surface area contributed by atoms with Crippen LogP contribution in [0.15, 0.2) is 35.9 Å². The van der Waals surface area contributed by atoms with E-state index in [2.05, 4.69) is 0 Å². The number of thiocarbonyl (C=S) groups is 1. The van der Waals surface area contributed by atoms with E-state index in [1.165, 1.54) is 38.3 Å². The van der Waals surface area contributed by atoms with Gasteiger partial charge in [-0.25, -0.2) is 24.0 Å². The molecule has 222 valence electrons. The third-order valence-corrected chi connectivity index (χ3v) is 6.39. The van der Waals surface area contributed by atoms with E-state index in [4.69, 9.17) is 45.4 Å². The molecule has 3 rings (SSSR count). The Bertz CT molecular complexity index is 1520. The fourth-order valence-corrected chi connectivity index (χ4v) is 4.68. The van der Waals surface area contributed by atoms with Crippen LogP contribution in [0.1, 0.15) is 49.4 Å². The summed E-state index contributed by atoms with van der Waals surface area (Å²) in [4.78, 5) is 78.7. The molecule has 0 amide bonds. The fourth-order valence-electron chi connectivity index (χ4n) is 4.37. The maximum atomic E-state index is 13.7. The lowest BCUT2D eigenvalue weighted by Crippen LogP contribution is -2.37. The Hall–Kier alpha value is -5.05. The Morgan fingerprint density at radius 2 is 1.48 bits per heavy atom. The van der Waals surface area contributed by atoms with Gasteiger partial charge in [0.05, 0.1) is 59.0 Å². The van der Waals surface area contributed by atoms with Gasteiger partial charge in [0.2, 0.25) is 5.60 Å². The number of ketones is 1. The van der Waals surface area contributed by atoms with Crippen LogP contribution in [0.2, 0.25) is 0 Å². The third kappa shape index (κ3) is 5.09. The minimum absolute atomic E-state index is 0.0215. The molecule has 1 unspecified atom stereocenters. The first-order valence-electron chi connectivity index (χ1n) is 11.9. The summed E-state index contributed by atoms with van der Waals surface area (Å²) in [6.45, 7) is 1.21. The normalized spacial score (nSPS) is 15.6. The highest BCUT2D eigenvalue weighted by atomic mass is 32.1. The molecular weight excluding hydrogens is 578 g/mol. The summed E-state index contributed by atoms with van der Waals surface area (Å²) < 4.78 is 36.4. The van der Waals surface area contributed by atoms with E-state index in [1.54, 1.807) is 0 Å². The van der Waals surface area contributed by atoms with E-state index in [-0.39, 0.29) is 12.2 Å². The second-order valence-corrected chi connectivity index (χ2v) is 8.52. The lowest BCUT2D eigenvalue weighted by atomic mass is 9.80. The Morgan fingerprint density at radius 1 is 0.857 bits per heavy atom. The van der Waals surface area contributed by atoms with Crippen LogP contribution in [0.3, 0.4) is 0 Å². The average molecular weight is 604 g/mol. The standard InChI is InChI=1S/C27H25NO13S/c1-7-40-25(34)20(30)18-17(23(32)38-5)19(24(33)39-6)28-21(18)27(41-26(28)42,13-8-10-14(35-2)11-9-13)15(22(31)37-4)12-16(29)36-3/h8-12H,7H2,1-6H3. The van der Waals surface area contributed by atoms with Crippen LogP contribution >= 0.6 is 12.2 Å². The molecule has 15 heteroatoms. The minimum atomic E-state index is -2.41. The summed E-state index contributed by atoms with van der Waals surface area (Å²) in [5, 5.41) is -0.575. The molecule has 42 heavy (non-hydrogen) atoms. The summed E-state index contributed by atoms with van der Waals surface area (Å²) in [6, 6.07) is 5.70. The number of hydrogen-bond donors (Lipinski definition) is 0. The van der Waals surface area contributed by atoms with Crippen LogP contribution in [0.5, 0.6) is 5.75 Å². The van der Waals surface area contributed by atoms with Crippen molar-refractivity contribution in [3.05, 3.63) is 64.0 Å². The van der Waals surface area contributed by atoms with E-state index < -0.39 is 74.5 Å². The number of ether oxygens (including phenoxy) is 7. The van der Waals surface area contributed by atoms with Gasteiger partial charge in [0, 0.05) is 11.6 Å². The minimum Gasteiger partial charge on any atom is -0.497 e. The zero-order chi connectivity index (χ0) is 31.4. The van der Waals surface area contributed by atoms with Gasteiger partial charge >= 0.3 is 29.8 Å². The van der Waals surface area contributed by atoms with E-state index >= 15 is 0 Å². The SMILES string of the molecule is CCOC(=O)C(=O)c1c(C(=O)OC)c(C(=O)OC)n2c1C(C(=CC(=O)OC)C(=O)OC)(c1ccc(OC)cc1)OC2=S. The Labute approximate surface area is 244 Å². The number of nitrogens with zero attached hydrogens (tertiary/aromatic N) is 1. The van der Waals surface area contributed by atoms with Crippen molar-refractivity contribution in [3.63, 3.8) is 0 Å². The van der Waals surface area contributed by atoms with E-state index in [0.29, 0.717) is 5.75 Å². The van der Waals surface area contributed by atoms with Crippen LogP contribution in [-0.2, 0) is 48.4 Å². The summed E-state index contributed by atoms with van der Waals surface area (Å²) in [6.07, 6.45) is 0.718. The Morgan fingerprint density at radius 3 is 1.98 bits per heavy atom. The molecule has 0 radical (unpaired) electrons. The highest BCUT2D eigenvalue weighted by Gasteiger charge is 2.58. The maximum Gasteiger partial charge on any atom is 0.379 e. The topological polar surface area (TPSA) is 172 Å². The number of methoxy groups -OCH3 is 5. The first-order chi connectivity index (χ1) is 20.0. The number of fused-ring (bicyclic) bond motifs is 1. The highest BCUT2D eigenvalue weighted by molar-refractivity contribution is 7.80. The van der Waals surface area contributed by atoms with Gasteiger partial charge in [-0.15, -0.1) is 0 Å². The number of rotatable bonds is 10. The van der Waals surface area contributed by atoms with Crippen molar-refractivity contribution < 1.29 is 61.9 Å². The molecular formula is C27H25NO13S. The molecule has 1 aromatic carbocycles. The number of carbonyl (C=O) groups excluding carboxylic acids is 6. The summed E-state index contributed by atoms with van der Waals surface area (Å²) >= 11 is 5.44. The predicted octanol–water partition coefficient (Wildman–Crippen LogP) is 1.49. The number of Topliss-reactive ketones (excluding diaryl/α,β-unsaturated/α-hetero) is 1. The van der Waals surface area contributed by atoms with Gasteiger partial charge in [-0.2, -0.15) is 0 Å². The second-order valence-electron chi connectivity index (χ2n) is 8.17. The van der Waals surface area contributed by atoms with Crippen molar-refractivity contribution in [3.8, 4) is 5.75 Å². The summed E-state index contributed by atoms with van der Waals surface area (Å²) in [5.41, 5.74) is -5.64. The van der Waals surface area contributed by atoms with Gasteiger partial charge in [0.1, 0.15) is 11.3 Å². The van der Waals surface area contributed by atoms with Crippen molar-refractivity contribution in [2.45, 2.75) is 12.5 Å². The Kier molecular flexibility index (Phi) is 9.47. The van der Waals surface area contributed by atoms with Crippen LogP contribution in [-0.4, -0.2) is 87.5 Å². The van der Waals surface area contributed by atoms with Crippen LogP contribution < -0.4 is 4.74 Å². The van der Waals surface area contributed by atoms with Gasteiger partial charge in [0.25, 0.3) is 11.0 Å². The quantitative estimate of drug-likeness (QED) is 0.0955. The number of aromatic nitrogens is 1. The lowest BCUT2D eigenvalue weighted by molar-refractivity contribution is -0.140. The molecule has 0 saturated heterocycles. The van der Waals surface area contributed by atoms with Crippen molar-refractivity contribution in [2.24, 2.45) is 0 Å². The van der Waals surface area contributed by atoms with Crippen molar-refractivity contribution >= 4 is 53.0 Å². The molecule has 0 N–H and O–H groups in total. The van der Waals surface area contributed by atoms with E-state index in [0.717, 1.165) is 39.1 Å². The summed E-state index contributed by atoms with van der Waals surface area (Å²) in [5.74, 6) is -7.14. The smallest absolute Gasteiger partial charge is 0.379 e. The molecule has 1 aromatic heterocycles.